The lowest BCUT2D eigenvalue weighted by molar-refractivity contribution is -0.0832. The van der Waals surface area contributed by atoms with E-state index in [9.17, 15) is 13.2 Å². The lowest BCUT2D eigenvalue weighted by atomic mass is 10.6. The second-order valence-electron chi connectivity index (χ2n) is 1.01. The van der Waals surface area contributed by atoms with Crippen molar-refractivity contribution in [2.45, 2.75) is 6.18 Å². The fraction of sp³-hybridized carbons (Fsp3) is 0.333. The van der Waals surface area contributed by atoms with E-state index < -0.39 is 11.1 Å². The normalized spacial score (nSPS) is 14.4. The first-order valence-electron chi connectivity index (χ1n) is 1.59. The minimum absolute atomic E-state index is 0.600. The van der Waals surface area contributed by atoms with Crippen LogP contribution in [0.1, 0.15) is 0 Å². The van der Waals surface area contributed by atoms with Gasteiger partial charge in [-0.15, -0.1) is 12.6 Å². The Bertz CT molecular complexity index is 104. The summed E-state index contributed by atoms with van der Waals surface area (Å²) in [4.78, 5) is -0.985. The van der Waals surface area contributed by atoms with Gasteiger partial charge in [-0.25, -0.2) is 0 Å². The number of hydrogen-bond acceptors (Lipinski definition) is 2. The second kappa shape index (κ2) is 2.68. The average Bonchev–Trinajstić information content (AvgIpc) is 1.62. The number of halogens is 3. The molecular formula is C3H3F3S2. The topological polar surface area (TPSA) is 0 Å². The fourth-order valence-corrected chi connectivity index (χ4v) is 0.220. The van der Waals surface area contributed by atoms with Gasteiger partial charge in [-0.05, 0) is 5.41 Å². The number of rotatable bonds is 0. The van der Waals surface area contributed by atoms with Crippen LogP contribution in [0.25, 0.3) is 0 Å². The van der Waals surface area contributed by atoms with Gasteiger partial charge in [0, 0.05) is 0 Å². The summed E-state index contributed by atoms with van der Waals surface area (Å²) < 4.78 is 33.8. The Hall–Kier alpha value is 0.230. The highest BCUT2D eigenvalue weighted by molar-refractivity contribution is 7.88. The molecule has 0 N–H and O–H groups in total. The van der Waals surface area contributed by atoms with E-state index in [1.807, 2.05) is 0 Å². The maximum absolute atomic E-state index is 11.3. The number of thiol groups is 2. The van der Waals surface area contributed by atoms with Crippen LogP contribution >= 0.6 is 25.3 Å². The molecule has 0 bridgehead atoms. The molecule has 8 heavy (non-hydrogen) atoms. The van der Waals surface area contributed by atoms with Gasteiger partial charge in [0.25, 0.3) is 0 Å². The quantitative estimate of drug-likeness (QED) is 0.499. The van der Waals surface area contributed by atoms with E-state index in [4.69, 9.17) is 0 Å². The van der Waals surface area contributed by atoms with E-state index in [-0.39, 0.29) is 0 Å². The molecule has 0 aromatic heterocycles. The van der Waals surface area contributed by atoms with Crippen LogP contribution in [0.5, 0.6) is 0 Å². The van der Waals surface area contributed by atoms with Crippen molar-refractivity contribution in [3.63, 3.8) is 0 Å². The summed E-state index contributed by atoms with van der Waals surface area (Å²) in [5.41, 5.74) is 0. The molecule has 0 aromatic rings. The Kier molecular flexibility index (Phi) is 2.76. The summed E-state index contributed by atoms with van der Waals surface area (Å²) in [7, 11) is 0. The van der Waals surface area contributed by atoms with E-state index >= 15 is 0 Å². The molecule has 0 rings (SSSR count). The molecule has 48 valence electrons. The lowest BCUT2D eigenvalue weighted by Crippen LogP contribution is -2.05. The van der Waals surface area contributed by atoms with Crippen molar-refractivity contribution in [1.82, 2.24) is 0 Å². The minimum Gasteiger partial charge on any atom is -0.166 e. The molecule has 0 unspecified atom stereocenters. The van der Waals surface area contributed by atoms with Crippen molar-refractivity contribution >= 4 is 25.3 Å². The van der Waals surface area contributed by atoms with Gasteiger partial charge >= 0.3 is 6.18 Å². The van der Waals surface area contributed by atoms with Gasteiger partial charge in [0.15, 0.2) is 0 Å². The van der Waals surface area contributed by atoms with E-state index in [0.717, 1.165) is 0 Å². The zero-order valence-corrected chi connectivity index (χ0v) is 5.39. The molecule has 5 heteroatoms. The summed E-state index contributed by atoms with van der Waals surface area (Å²) in [6.45, 7) is 0. The molecule has 0 aromatic carbocycles. The standard InChI is InChI=1S/C3H3F3S2/c4-3(5,6)2(8)1-7/h1,7-8H. The molecule has 0 amide bonds. The Morgan fingerprint density at radius 2 is 1.75 bits per heavy atom. The Morgan fingerprint density at radius 3 is 1.75 bits per heavy atom. The number of hydrogen-bond donors (Lipinski definition) is 2. The third-order valence-electron chi connectivity index (χ3n) is 0.413. The molecule has 0 aliphatic rings. The van der Waals surface area contributed by atoms with Crippen LogP contribution in [0, 0.1) is 0 Å². The van der Waals surface area contributed by atoms with Crippen molar-refractivity contribution in [3.05, 3.63) is 10.3 Å². The largest absolute Gasteiger partial charge is 0.422 e. The molecule has 0 radical (unpaired) electrons. The Labute approximate surface area is 55.6 Å². The molecule has 0 saturated heterocycles. The van der Waals surface area contributed by atoms with Crippen molar-refractivity contribution in [3.8, 4) is 0 Å². The number of allylic oxidation sites excluding steroid dienone is 1. The highest BCUT2D eigenvalue weighted by atomic mass is 32.1. The highest BCUT2D eigenvalue weighted by Crippen LogP contribution is 2.28. The molecule has 0 aliphatic heterocycles. The molecule has 0 aliphatic carbocycles. The first kappa shape index (κ1) is 8.23. The van der Waals surface area contributed by atoms with Gasteiger partial charge in [-0.3, -0.25) is 0 Å². The number of alkyl halides is 3. The zero-order valence-electron chi connectivity index (χ0n) is 3.61. The second-order valence-corrected chi connectivity index (χ2v) is 1.75. The summed E-state index contributed by atoms with van der Waals surface area (Å²) in [5, 5.41) is 0.600. The Morgan fingerprint density at radius 1 is 1.38 bits per heavy atom. The zero-order chi connectivity index (χ0) is 6.78. The molecule has 0 fully saturated rings. The van der Waals surface area contributed by atoms with E-state index in [1.54, 1.807) is 0 Å². The van der Waals surface area contributed by atoms with Crippen molar-refractivity contribution in [2.75, 3.05) is 0 Å². The third-order valence-corrected chi connectivity index (χ3v) is 1.26. The maximum atomic E-state index is 11.3. The maximum Gasteiger partial charge on any atom is 0.422 e. The SMILES string of the molecule is FC(F)(F)C(S)=CS. The van der Waals surface area contributed by atoms with Gasteiger partial charge in [0.2, 0.25) is 0 Å². The van der Waals surface area contributed by atoms with E-state index in [1.165, 1.54) is 0 Å². The summed E-state index contributed by atoms with van der Waals surface area (Å²) in [6, 6.07) is 0. The van der Waals surface area contributed by atoms with Crippen LogP contribution in [0.3, 0.4) is 0 Å². The van der Waals surface area contributed by atoms with Crippen LogP contribution in [0.2, 0.25) is 0 Å². The van der Waals surface area contributed by atoms with Gasteiger partial charge in [-0.1, -0.05) is 0 Å². The van der Waals surface area contributed by atoms with Gasteiger partial charge < -0.3 is 0 Å². The predicted molar refractivity (Wildman–Crippen MR) is 32.1 cm³/mol. The fourth-order valence-electron chi connectivity index (χ4n) is 0.0732. The lowest BCUT2D eigenvalue weighted by Gasteiger charge is -2.01. The van der Waals surface area contributed by atoms with Crippen molar-refractivity contribution in [1.29, 1.82) is 0 Å². The third kappa shape index (κ3) is 2.52. The smallest absolute Gasteiger partial charge is 0.166 e. The average molecular weight is 160 g/mol. The van der Waals surface area contributed by atoms with Crippen molar-refractivity contribution < 1.29 is 13.2 Å². The van der Waals surface area contributed by atoms with Crippen LogP contribution in [0.4, 0.5) is 13.2 Å². The van der Waals surface area contributed by atoms with E-state index in [0.29, 0.717) is 5.41 Å². The van der Waals surface area contributed by atoms with Crippen LogP contribution in [0.15, 0.2) is 10.3 Å². The summed E-state index contributed by atoms with van der Waals surface area (Å²) in [6.07, 6.45) is -4.34. The van der Waals surface area contributed by atoms with Gasteiger partial charge in [0.05, 0.1) is 4.91 Å². The molecule has 0 atom stereocenters. The molecule has 0 heterocycles. The molecule has 0 nitrogen and oxygen atoms in total. The summed E-state index contributed by atoms with van der Waals surface area (Å²) >= 11 is 6.32. The first-order chi connectivity index (χ1) is 3.48. The van der Waals surface area contributed by atoms with E-state index in [2.05, 4.69) is 25.3 Å². The monoisotopic (exact) mass is 160 g/mol. The first-order valence-corrected chi connectivity index (χ1v) is 2.55. The highest BCUT2D eigenvalue weighted by Gasteiger charge is 2.30. The Balaban J connectivity index is 4.03. The molecular weight excluding hydrogens is 157 g/mol. The van der Waals surface area contributed by atoms with Gasteiger partial charge in [-0.2, -0.15) is 25.8 Å². The van der Waals surface area contributed by atoms with Crippen molar-refractivity contribution in [2.24, 2.45) is 0 Å². The van der Waals surface area contributed by atoms with Crippen LogP contribution in [-0.4, -0.2) is 6.18 Å². The summed E-state index contributed by atoms with van der Waals surface area (Å²) in [5.74, 6) is 0. The van der Waals surface area contributed by atoms with Crippen LogP contribution < -0.4 is 0 Å². The minimum atomic E-state index is -4.34. The van der Waals surface area contributed by atoms with Gasteiger partial charge in [0.1, 0.15) is 0 Å². The molecule has 0 spiro atoms. The molecule has 0 saturated carbocycles. The predicted octanol–water partition coefficient (Wildman–Crippen LogP) is 2.25. The van der Waals surface area contributed by atoms with Crippen LogP contribution in [-0.2, 0) is 0 Å².